The van der Waals surface area contributed by atoms with Crippen LogP contribution in [-0.2, 0) is 23.9 Å². The van der Waals surface area contributed by atoms with E-state index in [0.717, 1.165) is 0 Å². The number of amides is 2. The highest BCUT2D eigenvalue weighted by Gasteiger charge is 2.39. The Labute approximate surface area is 89.4 Å². The molecule has 0 spiro atoms. The third kappa shape index (κ3) is 2.54. The molecule has 1 unspecified atom stereocenters. The van der Waals surface area contributed by atoms with Crippen molar-refractivity contribution in [2.24, 2.45) is 0 Å². The number of imide groups is 1. The van der Waals surface area contributed by atoms with Gasteiger partial charge in [0.25, 0.3) is 0 Å². The van der Waals surface area contributed by atoms with Crippen molar-refractivity contribution >= 4 is 23.8 Å². The van der Waals surface area contributed by atoms with Gasteiger partial charge in [-0.15, -0.1) is 0 Å². The van der Waals surface area contributed by atoms with E-state index in [1.54, 1.807) is 0 Å². The molecule has 1 heterocycles. The first-order valence-corrected chi connectivity index (χ1v) is 4.34. The molecule has 8 heteroatoms. The van der Waals surface area contributed by atoms with E-state index in [0.29, 0.717) is 4.90 Å². The fourth-order valence-corrected chi connectivity index (χ4v) is 1.26. The Morgan fingerprint density at radius 3 is 2.12 bits per heavy atom. The molecule has 0 aliphatic carbocycles. The lowest BCUT2D eigenvalue weighted by atomic mass is 10.4. The van der Waals surface area contributed by atoms with Gasteiger partial charge in [-0.3, -0.25) is 9.59 Å². The normalized spacial score (nSPS) is 17.6. The van der Waals surface area contributed by atoms with Crippen LogP contribution in [0.4, 0.5) is 0 Å². The highest BCUT2D eigenvalue weighted by atomic mass is 16.5. The number of nitrogens with zero attached hydrogens (tertiary/aromatic N) is 1. The molecular formula is C8H9NO7. The molecule has 1 aliphatic heterocycles. The summed E-state index contributed by atoms with van der Waals surface area (Å²) >= 11 is 0. The van der Waals surface area contributed by atoms with Crippen LogP contribution in [0.3, 0.4) is 0 Å². The van der Waals surface area contributed by atoms with Gasteiger partial charge in [-0.25, -0.2) is 14.5 Å². The van der Waals surface area contributed by atoms with Crippen LogP contribution in [0, 0.1) is 0 Å². The summed E-state index contributed by atoms with van der Waals surface area (Å²) in [5, 5.41) is 17.0. The predicted molar refractivity (Wildman–Crippen MR) is 46.1 cm³/mol. The summed E-state index contributed by atoms with van der Waals surface area (Å²) in [6.07, 6.45) is -2.03. The minimum Gasteiger partial charge on any atom is -0.480 e. The third-order valence-corrected chi connectivity index (χ3v) is 1.90. The summed E-state index contributed by atoms with van der Waals surface area (Å²) in [7, 11) is 0. The van der Waals surface area contributed by atoms with Crippen molar-refractivity contribution in [3.8, 4) is 0 Å². The highest BCUT2D eigenvalue weighted by molar-refractivity contribution is 6.04. The topological polar surface area (TPSA) is 121 Å². The van der Waals surface area contributed by atoms with Gasteiger partial charge in [0.1, 0.15) is 6.61 Å². The molecule has 16 heavy (non-hydrogen) atoms. The standard InChI is InChI=1S/C8H9NO7/c10-4-1-2-5(11)9(4)7(8(14)15)16-3-6(12)13/h7H,1-3H2,(H,12,13)(H,14,15). The molecule has 1 rings (SSSR count). The van der Waals surface area contributed by atoms with Gasteiger partial charge in [-0.05, 0) is 0 Å². The zero-order valence-corrected chi connectivity index (χ0v) is 8.08. The Morgan fingerprint density at radius 1 is 1.25 bits per heavy atom. The largest absolute Gasteiger partial charge is 0.480 e. The van der Waals surface area contributed by atoms with E-state index in [4.69, 9.17) is 10.2 Å². The summed E-state index contributed by atoms with van der Waals surface area (Å²) < 4.78 is 4.47. The molecule has 2 amide bonds. The molecular weight excluding hydrogens is 222 g/mol. The molecule has 1 saturated heterocycles. The van der Waals surface area contributed by atoms with Crippen LogP contribution in [0.15, 0.2) is 0 Å². The van der Waals surface area contributed by atoms with E-state index in [1.807, 2.05) is 0 Å². The number of carboxylic acid groups (broad SMARTS) is 2. The van der Waals surface area contributed by atoms with Gasteiger partial charge in [-0.1, -0.05) is 0 Å². The maximum Gasteiger partial charge on any atom is 0.354 e. The zero-order chi connectivity index (χ0) is 12.3. The minimum atomic E-state index is -1.86. The summed E-state index contributed by atoms with van der Waals surface area (Å²) in [6.45, 7) is -0.895. The lowest BCUT2D eigenvalue weighted by Crippen LogP contribution is -2.46. The van der Waals surface area contributed by atoms with E-state index < -0.39 is 36.6 Å². The molecule has 1 fully saturated rings. The average molecular weight is 231 g/mol. The number of carbonyl (C=O) groups excluding carboxylic acids is 2. The predicted octanol–water partition coefficient (Wildman–Crippen LogP) is -1.35. The Morgan fingerprint density at radius 2 is 1.75 bits per heavy atom. The van der Waals surface area contributed by atoms with Gasteiger partial charge >= 0.3 is 11.9 Å². The third-order valence-electron chi connectivity index (χ3n) is 1.90. The van der Waals surface area contributed by atoms with Crippen LogP contribution in [0.2, 0.25) is 0 Å². The van der Waals surface area contributed by atoms with Crippen molar-refractivity contribution in [1.82, 2.24) is 4.90 Å². The first-order valence-electron chi connectivity index (χ1n) is 4.34. The molecule has 8 nitrogen and oxygen atoms in total. The molecule has 0 aromatic carbocycles. The van der Waals surface area contributed by atoms with Crippen LogP contribution in [0.5, 0.6) is 0 Å². The number of hydrogen-bond donors (Lipinski definition) is 2. The number of rotatable bonds is 5. The number of aliphatic carboxylic acids is 2. The lowest BCUT2D eigenvalue weighted by molar-refractivity contribution is -0.178. The molecule has 0 aromatic heterocycles. The fraction of sp³-hybridized carbons (Fsp3) is 0.500. The number of hydrogen-bond acceptors (Lipinski definition) is 5. The first-order chi connectivity index (χ1) is 7.43. The van der Waals surface area contributed by atoms with Crippen LogP contribution in [0.1, 0.15) is 12.8 Å². The Hall–Kier alpha value is -1.96. The molecule has 0 saturated carbocycles. The minimum absolute atomic E-state index is 0.0843. The van der Waals surface area contributed by atoms with Crippen molar-refractivity contribution in [2.75, 3.05) is 6.61 Å². The molecule has 0 bridgehead atoms. The molecule has 1 aliphatic rings. The van der Waals surface area contributed by atoms with Crippen molar-refractivity contribution in [3.05, 3.63) is 0 Å². The SMILES string of the molecule is O=C(O)COC(C(=O)O)N1C(=O)CCC1=O. The second-order valence-electron chi connectivity index (χ2n) is 3.05. The molecule has 0 radical (unpaired) electrons. The van der Waals surface area contributed by atoms with Crippen molar-refractivity contribution in [1.29, 1.82) is 0 Å². The van der Waals surface area contributed by atoms with Gasteiger partial charge in [0.15, 0.2) is 0 Å². The number of ether oxygens (including phenoxy) is 1. The van der Waals surface area contributed by atoms with Gasteiger partial charge in [0.05, 0.1) is 0 Å². The van der Waals surface area contributed by atoms with E-state index in [9.17, 15) is 19.2 Å². The van der Waals surface area contributed by atoms with Crippen LogP contribution >= 0.6 is 0 Å². The van der Waals surface area contributed by atoms with Crippen molar-refractivity contribution < 1.29 is 34.1 Å². The van der Waals surface area contributed by atoms with E-state index >= 15 is 0 Å². The van der Waals surface area contributed by atoms with Gasteiger partial charge in [-0.2, -0.15) is 0 Å². The van der Waals surface area contributed by atoms with Crippen molar-refractivity contribution in [2.45, 2.75) is 19.1 Å². The summed E-state index contributed by atoms with van der Waals surface area (Å²) in [6, 6.07) is 0. The summed E-state index contributed by atoms with van der Waals surface area (Å²) in [5.41, 5.74) is 0. The summed E-state index contributed by atoms with van der Waals surface area (Å²) in [5.74, 6) is -4.32. The van der Waals surface area contributed by atoms with Crippen molar-refractivity contribution in [3.63, 3.8) is 0 Å². The highest BCUT2D eigenvalue weighted by Crippen LogP contribution is 2.16. The van der Waals surface area contributed by atoms with E-state index in [-0.39, 0.29) is 12.8 Å². The molecule has 2 N–H and O–H groups in total. The number of likely N-dealkylation sites (tertiary alicyclic amines) is 1. The first kappa shape index (κ1) is 12.1. The van der Waals surface area contributed by atoms with Gasteiger partial charge in [0.2, 0.25) is 18.0 Å². The van der Waals surface area contributed by atoms with Crippen LogP contribution < -0.4 is 0 Å². The lowest BCUT2D eigenvalue weighted by Gasteiger charge is -2.21. The quantitative estimate of drug-likeness (QED) is 0.561. The Balaban J connectivity index is 2.76. The average Bonchev–Trinajstić information content (AvgIpc) is 2.48. The Kier molecular flexibility index (Phi) is 3.56. The van der Waals surface area contributed by atoms with Crippen LogP contribution in [-0.4, -0.2) is 51.7 Å². The monoisotopic (exact) mass is 231 g/mol. The van der Waals surface area contributed by atoms with Gasteiger partial charge in [0, 0.05) is 12.8 Å². The second-order valence-corrected chi connectivity index (χ2v) is 3.05. The fourth-order valence-electron chi connectivity index (χ4n) is 1.26. The Bertz CT molecular complexity index is 334. The maximum atomic E-state index is 11.2. The molecule has 0 aromatic rings. The zero-order valence-electron chi connectivity index (χ0n) is 8.08. The van der Waals surface area contributed by atoms with E-state index in [2.05, 4.69) is 4.74 Å². The molecule has 1 atom stereocenters. The smallest absolute Gasteiger partial charge is 0.354 e. The second kappa shape index (κ2) is 4.71. The molecule has 88 valence electrons. The summed E-state index contributed by atoms with van der Waals surface area (Å²) in [4.78, 5) is 43.7. The number of carbonyl (C=O) groups is 4. The maximum absolute atomic E-state index is 11.2. The van der Waals surface area contributed by atoms with E-state index in [1.165, 1.54) is 0 Å². The number of carboxylic acids is 2. The van der Waals surface area contributed by atoms with Crippen LogP contribution in [0.25, 0.3) is 0 Å². The van der Waals surface area contributed by atoms with Gasteiger partial charge < -0.3 is 14.9 Å².